The average Bonchev–Trinajstić information content (AvgIpc) is 2.29. The quantitative estimate of drug-likeness (QED) is 0.741. The van der Waals surface area contributed by atoms with Gasteiger partial charge in [0.1, 0.15) is 0 Å². The molecule has 0 spiro atoms. The second kappa shape index (κ2) is 5.25. The summed E-state index contributed by atoms with van der Waals surface area (Å²) in [5.74, 6) is 0. The van der Waals surface area contributed by atoms with E-state index in [2.05, 4.69) is 36.3 Å². The number of ether oxygens (including phenoxy) is 1. The number of nitrogens with zero attached hydrogens (tertiary/aromatic N) is 2. The van der Waals surface area contributed by atoms with Gasteiger partial charge in [0.05, 0.1) is 18.1 Å². The summed E-state index contributed by atoms with van der Waals surface area (Å²) in [5.41, 5.74) is 0. The van der Waals surface area contributed by atoms with Crippen LogP contribution >= 0.6 is 12.6 Å². The molecule has 2 fully saturated rings. The Morgan fingerprint density at radius 2 is 1.62 bits per heavy atom. The molecule has 3 nitrogen and oxygen atoms in total. The topological polar surface area (TPSA) is 15.7 Å². The average molecular weight is 244 g/mol. The lowest BCUT2D eigenvalue weighted by atomic mass is 10.0. The monoisotopic (exact) mass is 244 g/mol. The van der Waals surface area contributed by atoms with Crippen molar-refractivity contribution < 1.29 is 4.74 Å². The van der Waals surface area contributed by atoms with Gasteiger partial charge in [0.15, 0.2) is 0 Å². The van der Waals surface area contributed by atoms with E-state index in [0.29, 0.717) is 0 Å². The zero-order chi connectivity index (χ0) is 11.6. The van der Waals surface area contributed by atoms with Crippen molar-refractivity contribution in [2.45, 2.75) is 37.6 Å². The Labute approximate surface area is 105 Å². The summed E-state index contributed by atoms with van der Waals surface area (Å²) in [5, 5.41) is 0. The van der Waals surface area contributed by atoms with E-state index in [-0.39, 0.29) is 4.87 Å². The molecule has 0 aliphatic carbocycles. The number of hydrogen-bond donors (Lipinski definition) is 1. The zero-order valence-corrected chi connectivity index (χ0v) is 11.4. The number of piperidine rings is 1. The molecule has 0 amide bonds. The van der Waals surface area contributed by atoms with Crippen LogP contribution in [0.25, 0.3) is 0 Å². The summed E-state index contributed by atoms with van der Waals surface area (Å²) in [7, 11) is 0. The molecule has 94 valence electrons. The lowest BCUT2D eigenvalue weighted by Gasteiger charge is -2.44. The number of hydrogen-bond acceptors (Lipinski definition) is 4. The van der Waals surface area contributed by atoms with Crippen LogP contribution in [-0.4, -0.2) is 60.1 Å². The Kier molecular flexibility index (Phi) is 4.16. The van der Waals surface area contributed by atoms with Crippen LogP contribution in [0.15, 0.2) is 0 Å². The summed E-state index contributed by atoms with van der Waals surface area (Å²) < 4.78 is 5.40. The highest BCUT2D eigenvalue weighted by Crippen LogP contribution is 2.25. The van der Waals surface area contributed by atoms with E-state index in [9.17, 15) is 0 Å². The molecule has 0 unspecified atom stereocenters. The maximum Gasteiger partial charge on any atom is 0.0594 e. The summed E-state index contributed by atoms with van der Waals surface area (Å²) in [6, 6.07) is 0.774. The van der Waals surface area contributed by atoms with Gasteiger partial charge in [-0.1, -0.05) is 0 Å². The maximum atomic E-state index is 5.40. The lowest BCUT2D eigenvalue weighted by molar-refractivity contribution is -0.00338. The van der Waals surface area contributed by atoms with Gasteiger partial charge < -0.3 is 4.74 Å². The molecular formula is C12H24N2OS. The third-order valence-corrected chi connectivity index (χ3v) is 4.08. The number of thiol groups is 1. The predicted molar refractivity (Wildman–Crippen MR) is 70.1 cm³/mol. The molecule has 0 aromatic carbocycles. The Hall–Kier alpha value is 0.230. The molecule has 2 heterocycles. The number of likely N-dealkylation sites (tertiary alicyclic amines) is 1. The van der Waals surface area contributed by atoms with Crippen molar-refractivity contribution in [2.75, 3.05) is 39.4 Å². The van der Waals surface area contributed by atoms with Crippen molar-refractivity contribution in [3.05, 3.63) is 0 Å². The van der Waals surface area contributed by atoms with Crippen LogP contribution in [0.5, 0.6) is 0 Å². The summed E-state index contributed by atoms with van der Waals surface area (Å²) >= 11 is 4.65. The van der Waals surface area contributed by atoms with Crippen LogP contribution < -0.4 is 0 Å². The molecule has 0 aromatic rings. The molecule has 0 N–H and O–H groups in total. The minimum atomic E-state index is 0.0377. The molecule has 2 aliphatic rings. The van der Waals surface area contributed by atoms with Crippen LogP contribution in [0.2, 0.25) is 0 Å². The predicted octanol–water partition coefficient (Wildman–Crippen LogP) is 1.45. The van der Waals surface area contributed by atoms with E-state index in [1.807, 2.05) is 0 Å². The van der Waals surface area contributed by atoms with Crippen LogP contribution in [-0.2, 0) is 4.74 Å². The van der Waals surface area contributed by atoms with Gasteiger partial charge in [0, 0.05) is 32.2 Å². The van der Waals surface area contributed by atoms with Crippen molar-refractivity contribution in [2.24, 2.45) is 0 Å². The Morgan fingerprint density at radius 1 is 1.06 bits per heavy atom. The van der Waals surface area contributed by atoms with E-state index in [0.717, 1.165) is 32.3 Å². The third kappa shape index (κ3) is 3.13. The first-order valence-electron chi connectivity index (χ1n) is 6.36. The minimum absolute atomic E-state index is 0.0377. The SMILES string of the molecule is CC(C)(S)N1CCC(N2CCOCC2)CC1. The Morgan fingerprint density at radius 3 is 2.12 bits per heavy atom. The van der Waals surface area contributed by atoms with Crippen molar-refractivity contribution in [3.8, 4) is 0 Å². The summed E-state index contributed by atoms with van der Waals surface area (Å²) in [6.45, 7) is 10.8. The van der Waals surface area contributed by atoms with Gasteiger partial charge in [-0.15, -0.1) is 0 Å². The van der Waals surface area contributed by atoms with Crippen molar-refractivity contribution in [3.63, 3.8) is 0 Å². The third-order valence-electron chi connectivity index (χ3n) is 3.80. The molecule has 0 bridgehead atoms. The molecule has 2 rings (SSSR count). The van der Waals surface area contributed by atoms with Gasteiger partial charge >= 0.3 is 0 Å². The molecule has 0 aromatic heterocycles. The van der Waals surface area contributed by atoms with E-state index in [1.165, 1.54) is 25.9 Å². The van der Waals surface area contributed by atoms with Gasteiger partial charge in [-0.25, -0.2) is 0 Å². The molecule has 0 radical (unpaired) electrons. The summed E-state index contributed by atoms with van der Waals surface area (Å²) in [6.07, 6.45) is 2.56. The normalized spacial score (nSPS) is 27.2. The van der Waals surface area contributed by atoms with Gasteiger partial charge in [-0.05, 0) is 26.7 Å². The Balaban J connectivity index is 1.80. The first-order chi connectivity index (χ1) is 7.57. The lowest BCUT2D eigenvalue weighted by Crippen LogP contribution is -2.52. The molecule has 0 atom stereocenters. The molecule has 16 heavy (non-hydrogen) atoms. The van der Waals surface area contributed by atoms with Crippen LogP contribution in [0.1, 0.15) is 26.7 Å². The van der Waals surface area contributed by atoms with E-state index in [1.54, 1.807) is 0 Å². The summed E-state index contributed by atoms with van der Waals surface area (Å²) in [4.78, 5) is 5.12. The number of rotatable bonds is 2. The van der Waals surface area contributed by atoms with Crippen LogP contribution in [0.3, 0.4) is 0 Å². The van der Waals surface area contributed by atoms with Crippen LogP contribution in [0, 0.1) is 0 Å². The highest BCUT2D eigenvalue weighted by atomic mass is 32.1. The zero-order valence-electron chi connectivity index (χ0n) is 10.5. The van der Waals surface area contributed by atoms with Crippen molar-refractivity contribution >= 4 is 12.6 Å². The smallest absolute Gasteiger partial charge is 0.0594 e. The molecule has 2 aliphatic heterocycles. The molecule has 0 saturated carbocycles. The van der Waals surface area contributed by atoms with Gasteiger partial charge in [0.2, 0.25) is 0 Å². The van der Waals surface area contributed by atoms with E-state index < -0.39 is 0 Å². The standard InChI is InChI=1S/C12H24N2OS/c1-12(2,16)14-5-3-11(4-6-14)13-7-9-15-10-8-13/h11,16H,3-10H2,1-2H3. The van der Waals surface area contributed by atoms with E-state index in [4.69, 9.17) is 4.74 Å². The van der Waals surface area contributed by atoms with Crippen molar-refractivity contribution in [1.29, 1.82) is 0 Å². The Bertz CT molecular complexity index is 216. The fraction of sp³-hybridized carbons (Fsp3) is 1.00. The first kappa shape index (κ1) is 12.7. The molecule has 2 saturated heterocycles. The van der Waals surface area contributed by atoms with Crippen molar-refractivity contribution in [1.82, 2.24) is 9.80 Å². The van der Waals surface area contributed by atoms with E-state index >= 15 is 0 Å². The highest BCUT2D eigenvalue weighted by molar-refractivity contribution is 7.81. The second-order valence-electron chi connectivity index (χ2n) is 5.36. The van der Waals surface area contributed by atoms with Gasteiger partial charge in [-0.2, -0.15) is 12.6 Å². The van der Waals surface area contributed by atoms with Crippen LogP contribution in [0.4, 0.5) is 0 Å². The fourth-order valence-corrected chi connectivity index (χ4v) is 2.92. The second-order valence-corrected chi connectivity index (χ2v) is 6.46. The maximum absolute atomic E-state index is 5.40. The highest BCUT2D eigenvalue weighted by Gasteiger charge is 2.30. The van der Waals surface area contributed by atoms with Gasteiger partial charge in [0.25, 0.3) is 0 Å². The minimum Gasteiger partial charge on any atom is -0.379 e. The molecule has 4 heteroatoms. The number of morpholine rings is 1. The van der Waals surface area contributed by atoms with Gasteiger partial charge in [-0.3, -0.25) is 9.80 Å². The molecular weight excluding hydrogens is 220 g/mol. The first-order valence-corrected chi connectivity index (χ1v) is 6.81. The fourth-order valence-electron chi connectivity index (χ4n) is 2.72. The largest absolute Gasteiger partial charge is 0.379 e.